The fourth-order valence-corrected chi connectivity index (χ4v) is 3.85. The van der Waals surface area contributed by atoms with Crippen molar-refractivity contribution in [2.24, 2.45) is 0 Å². The fourth-order valence-electron chi connectivity index (χ4n) is 2.12. The van der Waals surface area contributed by atoms with Crippen molar-refractivity contribution in [3.8, 4) is 0 Å². The number of rotatable bonds is 3. The maximum Gasteiger partial charge on any atom is 0.294 e. The van der Waals surface area contributed by atoms with Gasteiger partial charge in [-0.2, -0.15) is 16.8 Å². The molecule has 0 aliphatic rings. The van der Waals surface area contributed by atoms with Gasteiger partial charge in [-0.25, -0.2) is 8.42 Å². The van der Waals surface area contributed by atoms with Crippen LogP contribution < -0.4 is 0 Å². The van der Waals surface area contributed by atoms with E-state index in [1.807, 2.05) is 20.8 Å². The molecule has 0 aliphatic carbocycles. The summed E-state index contributed by atoms with van der Waals surface area (Å²) in [6.07, 6.45) is 0. The van der Waals surface area contributed by atoms with E-state index in [0.717, 1.165) is 16.7 Å². The Kier molecular flexibility index (Phi) is 10.2. The number of halogens is 1. The second kappa shape index (κ2) is 11.7. The molecule has 0 atom stereocenters. The molecule has 180 valence electrons. The van der Waals surface area contributed by atoms with Gasteiger partial charge in [0.05, 0.1) is 14.7 Å². The summed E-state index contributed by atoms with van der Waals surface area (Å²) >= 11 is 0. The minimum atomic E-state index is -4.02. The zero-order valence-corrected chi connectivity index (χ0v) is 21.1. The summed E-state index contributed by atoms with van der Waals surface area (Å²) in [4.78, 5) is 0.0102. The molecule has 0 fully saturated rings. The largest absolute Gasteiger partial charge is 0.294 e. The van der Waals surface area contributed by atoms with Crippen LogP contribution in [0.4, 0.5) is 0 Å². The highest BCUT2D eigenvalue weighted by atomic mass is 35.7. The Bertz CT molecular complexity index is 1190. The minimum absolute atomic E-state index is 0.0666. The predicted octanol–water partition coefficient (Wildman–Crippen LogP) is 4.41. The Morgan fingerprint density at radius 1 is 0.485 bits per heavy atom. The van der Waals surface area contributed by atoms with Crippen molar-refractivity contribution < 1.29 is 34.4 Å². The van der Waals surface area contributed by atoms with E-state index in [-0.39, 0.29) is 14.7 Å². The average Bonchev–Trinajstić information content (AvgIpc) is 2.68. The SMILES string of the molecule is Cc1ccc(S(=O)(=O)Cl)cc1.Cc1ccc(S(=O)(=O)O)cc1.Cc1ccc(S(=O)(=O)O)cc1. The van der Waals surface area contributed by atoms with Crippen LogP contribution >= 0.6 is 10.7 Å². The lowest BCUT2D eigenvalue weighted by Crippen LogP contribution is -1.96. The van der Waals surface area contributed by atoms with Gasteiger partial charge in [0.2, 0.25) is 0 Å². The van der Waals surface area contributed by atoms with Gasteiger partial charge in [0.1, 0.15) is 0 Å². The molecule has 0 amide bonds. The molecule has 0 aromatic heterocycles. The Balaban J connectivity index is 0.000000247. The molecule has 0 radical (unpaired) electrons. The molecule has 0 saturated heterocycles. The average molecular weight is 535 g/mol. The Morgan fingerprint density at radius 3 is 0.879 bits per heavy atom. The number of hydrogen-bond acceptors (Lipinski definition) is 6. The lowest BCUT2D eigenvalue weighted by Gasteiger charge is -1.95. The standard InChI is InChI=1S/C7H7ClO2S.2C7H8O3S/c3*1-6-2-4-7(5-3-6)11(8,9)10/h2-5H,1H3;2*2-5H,1H3,(H,8,9,10). The van der Waals surface area contributed by atoms with Gasteiger partial charge in [-0.3, -0.25) is 9.11 Å². The highest BCUT2D eigenvalue weighted by Gasteiger charge is 2.08. The van der Waals surface area contributed by atoms with Crippen LogP contribution in [0.5, 0.6) is 0 Å². The molecule has 2 N–H and O–H groups in total. The van der Waals surface area contributed by atoms with E-state index in [1.54, 1.807) is 36.4 Å². The maximum atomic E-state index is 10.7. The van der Waals surface area contributed by atoms with E-state index in [1.165, 1.54) is 36.4 Å². The fraction of sp³-hybridized carbons (Fsp3) is 0.143. The van der Waals surface area contributed by atoms with Gasteiger partial charge >= 0.3 is 0 Å². The van der Waals surface area contributed by atoms with Gasteiger partial charge in [-0.15, -0.1) is 0 Å². The summed E-state index contributed by atoms with van der Waals surface area (Å²) < 4.78 is 80.5. The smallest absolute Gasteiger partial charge is 0.282 e. The van der Waals surface area contributed by atoms with Crippen molar-refractivity contribution in [3.05, 3.63) is 89.5 Å². The van der Waals surface area contributed by atoms with E-state index in [0.29, 0.717) is 0 Å². The van der Waals surface area contributed by atoms with Crippen molar-refractivity contribution >= 4 is 40.0 Å². The predicted molar refractivity (Wildman–Crippen MR) is 126 cm³/mol. The first-order valence-corrected chi connectivity index (χ1v) is 14.3. The first-order chi connectivity index (χ1) is 15.0. The third-order valence-corrected chi connectivity index (χ3v) is 7.05. The molecule has 12 heteroatoms. The third kappa shape index (κ3) is 10.9. The maximum absolute atomic E-state index is 10.7. The van der Waals surface area contributed by atoms with Crippen LogP contribution in [0.2, 0.25) is 0 Å². The summed E-state index contributed by atoms with van der Waals surface area (Å²) in [5.74, 6) is 0. The van der Waals surface area contributed by atoms with Gasteiger partial charge in [0.15, 0.2) is 0 Å². The molecule has 8 nitrogen and oxygen atoms in total. The molecule has 3 aromatic rings. The lowest BCUT2D eigenvalue weighted by molar-refractivity contribution is 0.481. The van der Waals surface area contributed by atoms with Crippen molar-refractivity contribution in [2.45, 2.75) is 35.5 Å². The molecular weight excluding hydrogens is 512 g/mol. The normalized spacial score (nSPS) is 11.5. The first kappa shape index (κ1) is 28.8. The van der Waals surface area contributed by atoms with Gasteiger partial charge < -0.3 is 0 Å². The van der Waals surface area contributed by atoms with Crippen LogP contribution in [-0.4, -0.2) is 34.4 Å². The summed E-state index contributed by atoms with van der Waals surface area (Å²) in [7, 11) is -6.50. The van der Waals surface area contributed by atoms with Crippen LogP contribution in [0.1, 0.15) is 16.7 Å². The molecule has 0 unspecified atom stereocenters. The molecule has 0 aliphatic heterocycles. The van der Waals surface area contributed by atoms with Crippen LogP contribution in [0.3, 0.4) is 0 Å². The summed E-state index contributed by atoms with van der Waals surface area (Å²) in [6.45, 7) is 5.56. The molecule has 0 spiro atoms. The Hall–Kier alpha value is -2.28. The van der Waals surface area contributed by atoms with E-state index in [9.17, 15) is 25.3 Å². The molecule has 3 rings (SSSR count). The Labute approximate surface area is 198 Å². The van der Waals surface area contributed by atoms with Gasteiger partial charge in [0.25, 0.3) is 29.3 Å². The topological polar surface area (TPSA) is 143 Å². The summed E-state index contributed by atoms with van der Waals surface area (Å²) in [5.41, 5.74) is 2.92. The molecular formula is C21H23ClO8S3. The van der Waals surface area contributed by atoms with E-state index < -0.39 is 29.3 Å². The van der Waals surface area contributed by atoms with Crippen LogP contribution in [-0.2, 0) is 29.3 Å². The molecule has 0 bridgehead atoms. The number of hydrogen-bond donors (Lipinski definition) is 2. The quantitative estimate of drug-likeness (QED) is 0.371. The van der Waals surface area contributed by atoms with Crippen molar-refractivity contribution in [1.29, 1.82) is 0 Å². The van der Waals surface area contributed by atoms with Crippen LogP contribution in [0.15, 0.2) is 87.5 Å². The van der Waals surface area contributed by atoms with Gasteiger partial charge in [-0.1, -0.05) is 53.1 Å². The highest BCUT2D eigenvalue weighted by Crippen LogP contribution is 2.14. The van der Waals surface area contributed by atoms with E-state index in [4.69, 9.17) is 19.8 Å². The molecule has 3 aromatic carbocycles. The van der Waals surface area contributed by atoms with E-state index in [2.05, 4.69) is 0 Å². The van der Waals surface area contributed by atoms with Gasteiger partial charge in [0, 0.05) is 10.7 Å². The van der Waals surface area contributed by atoms with Crippen molar-refractivity contribution in [3.63, 3.8) is 0 Å². The van der Waals surface area contributed by atoms with Crippen LogP contribution in [0.25, 0.3) is 0 Å². The van der Waals surface area contributed by atoms with Crippen molar-refractivity contribution in [2.75, 3.05) is 0 Å². The molecule has 0 heterocycles. The minimum Gasteiger partial charge on any atom is -0.282 e. The highest BCUT2D eigenvalue weighted by molar-refractivity contribution is 8.13. The van der Waals surface area contributed by atoms with E-state index >= 15 is 0 Å². The monoisotopic (exact) mass is 534 g/mol. The van der Waals surface area contributed by atoms with Crippen LogP contribution in [0, 0.1) is 20.8 Å². The third-order valence-electron chi connectivity index (χ3n) is 3.94. The summed E-state index contributed by atoms with van der Waals surface area (Å²) in [5, 5.41) is 0. The first-order valence-electron chi connectivity index (χ1n) is 9.10. The number of aryl methyl sites for hydroxylation is 3. The Morgan fingerprint density at radius 2 is 0.697 bits per heavy atom. The molecule has 33 heavy (non-hydrogen) atoms. The summed E-state index contributed by atoms with van der Waals surface area (Å²) in [6, 6.07) is 18.4. The molecule has 0 saturated carbocycles. The number of benzene rings is 3. The van der Waals surface area contributed by atoms with Crippen molar-refractivity contribution in [1.82, 2.24) is 0 Å². The second-order valence-electron chi connectivity index (χ2n) is 6.83. The zero-order chi connectivity index (χ0) is 25.4. The van der Waals surface area contributed by atoms with Gasteiger partial charge in [-0.05, 0) is 57.2 Å². The zero-order valence-electron chi connectivity index (χ0n) is 17.9. The second-order valence-corrected chi connectivity index (χ2v) is 12.2. The lowest BCUT2D eigenvalue weighted by atomic mass is 10.2.